The number of benzene rings is 1. The Balaban J connectivity index is 2.47. The van der Waals surface area contributed by atoms with Crippen LogP contribution < -0.4 is 4.74 Å². The maximum atomic E-state index is 13.1. The zero-order valence-electron chi connectivity index (χ0n) is 9.16. The fourth-order valence-electron chi connectivity index (χ4n) is 1.43. The van der Waals surface area contributed by atoms with Crippen molar-refractivity contribution in [3.05, 3.63) is 36.0 Å². The van der Waals surface area contributed by atoms with Crippen molar-refractivity contribution in [3.63, 3.8) is 0 Å². The predicted octanol–water partition coefficient (Wildman–Crippen LogP) is 3.19. The summed E-state index contributed by atoms with van der Waals surface area (Å²) in [6.45, 7) is 4.12. The zero-order chi connectivity index (χ0) is 11.5. The van der Waals surface area contributed by atoms with Crippen LogP contribution in [0.25, 0.3) is 11.5 Å². The number of rotatable bonds is 3. The molecule has 0 bridgehead atoms. The van der Waals surface area contributed by atoms with Crippen molar-refractivity contribution in [2.24, 2.45) is 0 Å². The second-order valence-electron chi connectivity index (χ2n) is 3.35. The van der Waals surface area contributed by atoms with E-state index in [9.17, 15) is 4.39 Å². The molecule has 0 fully saturated rings. The number of aryl methyl sites for hydroxylation is 1. The molecule has 16 heavy (non-hydrogen) atoms. The molecule has 0 saturated carbocycles. The van der Waals surface area contributed by atoms with Crippen molar-refractivity contribution in [1.29, 1.82) is 0 Å². The van der Waals surface area contributed by atoms with Crippen LogP contribution >= 0.6 is 0 Å². The molecule has 0 aliphatic heterocycles. The fraction of sp³-hybridized carbons (Fsp3) is 0.250. The molecule has 2 aromatic rings. The van der Waals surface area contributed by atoms with E-state index in [1.54, 1.807) is 19.2 Å². The first kappa shape index (κ1) is 10.7. The Kier molecular flexibility index (Phi) is 2.90. The van der Waals surface area contributed by atoms with Gasteiger partial charge in [0.2, 0.25) is 5.89 Å². The number of hydrogen-bond acceptors (Lipinski definition) is 3. The number of ether oxygens (including phenoxy) is 1. The van der Waals surface area contributed by atoms with Gasteiger partial charge < -0.3 is 9.15 Å². The van der Waals surface area contributed by atoms with Crippen molar-refractivity contribution >= 4 is 0 Å². The van der Waals surface area contributed by atoms with E-state index in [2.05, 4.69) is 4.98 Å². The third kappa shape index (κ3) is 2.05. The molecule has 0 radical (unpaired) electrons. The van der Waals surface area contributed by atoms with Gasteiger partial charge in [0.25, 0.3) is 0 Å². The topological polar surface area (TPSA) is 35.3 Å². The first-order chi connectivity index (χ1) is 7.70. The molecule has 0 aliphatic rings. The van der Waals surface area contributed by atoms with Crippen LogP contribution in [0.2, 0.25) is 0 Å². The minimum absolute atomic E-state index is 0.338. The summed E-state index contributed by atoms with van der Waals surface area (Å²) < 4.78 is 23.8. The van der Waals surface area contributed by atoms with Crippen LogP contribution in [0.4, 0.5) is 4.39 Å². The predicted molar refractivity (Wildman–Crippen MR) is 57.8 cm³/mol. The van der Waals surface area contributed by atoms with Gasteiger partial charge in [0.05, 0.1) is 18.4 Å². The van der Waals surface area contributed by atoms with Crippen LogP contribution in [-0.2, 0) is 0 Å². The van der Waals surface area contributed by atoms with Gasteiger partial charge in [0, 0.05) is 6.07 Å². The van der Waals surface area contributed by atoms with E-state index in [-0.39, 0.29) is 5.82 Å². The Hall–Kier alpha value is -1.84. The summed E-state index contributed by atoms with van der Waals surface area (Å²) in [6, 6.07) is 4.29. The van der Waals surface area contributed by atoms with E-state index in [0.29, 0.717) is 29.6 Å². The lowest BCUT2D eigenvalue weighted by atomic mass is 10.2. The van der Waals surface area contributed by atoms with Crippen LogP contribution in [0, 0.1) is 12.7 Å². The Bertz CT molecular complexity index is 494. The van der Waals surface area contributed by atoms with Crippen molar-refractivity contribution in [1.82, 2.24) is 4.98 Å². The molecule has 1 aromatic heterocycles. The van der Waals surface area contributed by atoms with E-state index in [1.165, 1.54) is 12.1 Å². The SMILES string of the molecule is CCOc1cc(F)ccc1-c1ncc(C)o1. The Morgan fingerprint density at radius 1 is 1.44 bits per heavy atom. The molecular weight excluding hydrogens is 209 g/mol. The van der Waals surface area contributed by atoms with Crippen molar-refractivity contribution < 1.29 is 13.5 Å². The van der Waals surface area contributed by atoms with Gasteiger partial charge in [0.15, 0.2) is 0 Å². The molecule has 84 valence electrons. The molecule has 1 heterocycles. The molecule has 0 N–H and O–H groups in total. The molecule has 3 nitrogen and oxygen atoms in total. The Morgan fingerprint density at radius 2 is 2.25 bits per heavy atom. The standard InChI is InChI=1S/C12H12FNO2/c1-3-15-11-6-9(13)4-5-10(11)12-14-7-8(2)16-12/h4-7H,3H2,1-2H3. The molecule has 0 amide bonds. The van der Waals surface area contributed by atoms with Gasteiger partial charge in [-0.1, -0.05) is 0 Å². The summed E-state index contributed by atoms with van der Waals surface area (Å²) in [7, 11) is 0. The molecule has 0 spiro atoms. The van der Waals surface area contributed by atoms with Crippen LogP contribution in [0.15, 0.2) is 28.8 Å². The first-order valence-corrected chi connectivity index (χ1v) is 5.06. The molecule has 0 unspecified atom stereocenters. The minimum atomic E-state index is -0.338. The summed E-state index contributed by atoms with van der Waals surface area (Å²) >= 11 is 0. The molecule has 1 aromatic carbocycles. The third-order valence-electron chi connectivity index (χ3n) is 2.10. The smallest absolute Gasteiger partial charge is 0.229 e. The lowest BCUT2D eigenvalue weighted by Crippen LogP contribution is -1.95. The summed E-state index contributed by atoms with van der Waals surface area (Å²) in [5.41, 5.74) is 0.663. The summed E-state index contributed by atoms with van der Waals surface area (Å²) in [6.07, 6.45) is 1.62. The van der Waals surface area contributed by atoms with Gasteiger partial charge in [-0.05, 0) is 26.0 Å². The van der Waals surface area contributed by atoms with Gasteiger partial charge in [-0.25, -0.2) is 9.37 Å². The first-order valence-electron chi connectivity index (χ1n) is 5.06. The second kappa shape index (κ2) is 4.35. The highest BCUT2D eigenvalue weighted by atomic mass is 19.1. The van der Waals surface area contributed by atoms with E-state index in [4.69, 9.17) is 9.15 Å². The number of nitrogens with zero attached hydrogens (tertiary/aromatic N) is 1. The largest absolute Gasteiger partial charge is 0.493 e. The average molecular weight is 221 g/mol. The Morgan fingerprint density at radius 3 is 2.88 bits per heavy atom. The fourth-order valence-corrected chi connectivity index (χ4v) is 1.43. The maximum Gasteiger partial charge on any atom is 0.229 e. The molecule has 2 rings (SSSR count). The average Bonchev–Trinajstić information content (AvgIpc) is 2.65. The second-order valence-corrected chi connectivity index (χ2v) is 3.35. The van der Waals surface area contributed by atoms with E-state index < -0.39 is 0 Å². The number of hydrogen-bond donors (Lipinski definition) is 0. The molecule has 4 heteroatoms. The van der Waals surface area contributed by atoms with Gasteiger partial charge in [-0.3, -0.25) is 0 Å². The summed E-state index contributed by atoms with van der Waals surface area (Å²) in [5, 5.41) is 0. The highest BCUT2D eigenvalue weighted by Gasteiger charge is 2.12. The normalized spacial score (nSPS) is 10.4. The van der Waals surface area contributed by atoms with Gasteiger partial charge in [0.1, 0.15) is 17.3 Å². The monoisotopic (exact) mass is 221 g/mol. The van der Waals surface area contributed by atoms with Gasteiger partial charge >= 0.3 is 0 Å². The lowest BCUT2D eigenvalue weighted by molar-refractivity contribution is 0.338. The highest BCUT2D eigenvalue weighted by Crippen LogP contribution is 2.30. The van der Waals surface area contributed by atoms with Crippen LogP contribution in [0.1, 0.15) is 12.7 Å². The number of oxazole rings is 1. The quantitative estimate of drug-likeness (QED) is 0.798. The molecule has 0 saturated heterocycles. The molecule has 0 aliphatic carbocycles. The van der Waals surface area contributed by atoms with E-state index in [1.807, 2.05) is 6.92 Å². The van der Waals surface area contributed by atoms with Crippen molar-refractivity contribution in [2.45, 2.75) is 13.8 Å². The van der Waals surface area contributed by atoms with Crippen LogP contribution in [0.3, 0.4) is 0 Å². The highest BCUT2D eigenvalue weighted by molar-refractivity contribution is 5.62. The lowest BCUT2D eigenvalue weighted by Gasteiger charge is -2.07. The molecule has 0 atom stereocenters. The van der Waals surface area contributed by atoms with Gasteiger partial charge in [-0.2, -0.15) is 0 Å². The van der Waals surface area contributed by atoms with Gasteiger partial charge in [-0.15, -0.1) is 0 Å². The number of aromatic nitrogens is 1. The maximum absolute atomic E-state index is 13.1. The third-order valence-corrected chi connectivity index (χ3v) is 2.10. The van der Waals surface area contributed by atoms with Crippen LogP contribution in [-0.4, -0.2) is 11.6 Å². The van der Waals surface area contributed by atoms with Crippen molar-refractivity contribution in [3.8, 4) is 17.2 Å². The minimum Gasteiger partial charge on any atom is -0.493 e. The van der Waals surface area contributed by atoms with E-state index >= 15 is 0 Å². The van der Waals surface area contributed by atoms with E-state index in [0.717, 1.165) is 0 Å². The Labute approximate surface area is 92.9 Å². The summed E-state index contributed by atoms with van der Waals surface area (Å²) in [4.78, 5) is 4.09. The summed E-state index contributed by atoms with van der Waals surface area (Å²) in [5.74, 6) is 1.27. The van der Waals surface area contributed by atoms with Crippen LogP contribution in [0.5, 0.6) is 5.75 Å². The zero-order valence-corrected chi connectivity index (χ0v) is 9.16. The van der Waals surface area contributed by atoms with Crippen molar-refractivity contribution in [2.75, 3.05) is 6.61 Å². The number of halogens is 1. The molecular formula is C12H12FNO2.